The monoisotopic (exact) mass is 251 g/mol. The van der Waals surface area contributed by atoms with Gasteiger partial charge in [-0.2, -0.15) is 0 Å². The molecule has 0 aliphatic carbocycles. The van der Waals surface area contributed by atoms with Crippen LogP contribution in [0.15, 0.2) is 24.3 Å². The quantitative estimate of drug-likeness (QED) is 0.347. The highest BCUT2D eigenvalue weighted by atomic mass is 16.6. The van der Waals surface area contributed by atoms with Gasteiger partial charge >= 0.3 is 0 Å². The fourth-order valence-electron chi connectivity index (χ4n) is 1.83. The van der Waals surface area contributed by atoms with E-state index in [1.54, 1.807) is 12.1 Å². The van der Waals surface area contributed by atoms with Crippen LogP contribution in [0.2, 0.25) is 0 Å². The van der Waals surface area contributed by atoms with E-state index in [1.807, 2.05) is 6.92 Å². The first kappa shape index (κ1) is 14.1. The third-order valence-electron chi connectivity index (χ3n) is 2.78. The van der Waals surface area contributed by atoms with Gasteiger partial charge in [0.2, 0.25) is 5.91 Å². The number of hydrogen-bond acceptors (Lipinski definition) is 4. The van der Waals surface area contributed by atoms with Crippen molar-refractivity contribution in [1.29, 1.82) is 0 Å². The first-order valence-electron chi connectivity index (χ1n) is 5.82. The summed E-state index contributed by atoms with van der Waals surface area (Å²) in [5, 5.41) is 10.5. The molecule has 1 rings (SSSR count). The summed E-state index contributed by atoms with van der Waals surface area (Å²) in [4.78, 5) is 21.6. The number of nitro benzene ring substituents is 1. The lowest BCUT2D eigenvalue weighted by molar-refractivity contribution is -0.384. The number of non-ortho nitro benzene ring substituents is 1. The van der Waals surface area contributed by atoms with Crippen LogP contribution in [-0.4, -0.2) is 10.8 Å². The maximum atomic E-state index is 11.5. The van der Waals surface area contributed by atoms with Crippen molar-refractivity contribution >= 4 is 11.6 Å². The molecule has 0 aromatic heterocycles. The van der Waals surface area contributed by atoms with E-state index >= 15 is 0 Å². The second kappa shape index (κ2) is 6.70. The molecule has 1 amide bonds. The molecule has 1 aromatic rings. The average Bonchev–Trinajstić information content (AvgIpc) is 2.38. The van der Waals surface area contributed by atoms with Crippen LogP contribution in [0.4, 0.5) is 5.69 Å². The Balaban J connectivity index is 2.74. The van der Waals surface area contributed by atoms with Gasteiger partial charge in [-0.15, -0.1) is 0 Å². The number of amides is 1. The number of benzene rings is 1. The Labute approximate surface area is 105 Å². The van der Waals surface area contributed by atoms with E-state index in [1.165, 1.54) is 12.1 Å². The molecule has 0 saturated heterocycles. The molecule has 6 nitrogen and oxygen atoms in total. The molecule has 0 fully saturated rings. The van der Waals surface area contributed by atoms with Crippen molar-refractivity contribution in [3.8, 4) is 0 Å². The number of hydrogen-bond donors (Lipinski definition) is 2. The molecular formula is C12H17N3O3. The Morgan fingerprint density at radius 2 is 2.06 bits per heavy atom. The summed E-state index contributed by atoms with van der Waals surface area (Å²) in [6, 6.07) is 6.23. The van der Waals surface area contributed by atoms with Crippen molar-refractivity contribution in [3.63, 3.8) is 0 Å². The van der Waals surface area contributed by atoms with Gasteiger partial charge in [0.1, 0.15) is 0 Å². The van der Waals surface area contributed by atoms with Crippen LogP contribution >= 0.6 is 0 Å². The van der Waals surface area contributed by atoms with Crippen LogP contribution in [0, 0.1) is 16.0 Å². The van der Waals surface area contributed by atoms with E-state index < -0.39 is 4.92 Å². The molecule has 0 heterocycles. The Hall–Kier alpha value is -1.95. The largest absolute Gasteiger partial charge is 0.294 e. The lowest BCUT2D eigenvalue weighted by atomic mass is 9.94. The Morgan fingerprint density at radius 3 is 2.50 bits per heavy atom. The molecule has 1 aromatic carbocycles. The standard InChI is InChI=1S/C12H17N3O3/c1-2-3-10(12(16)14-13)8-9-4-6-11(7-5-9)15(17)18/h4-7,10H,2-3,8,13H2,1H3,(H,14,16). The fraction of sp³-hybridized carbons (Fsp3) is 0.417. The summed E-state index contributed by atoms with van der Waals surface area (Å²) in [6.07, 6.45) is 2.15. The molecule has 0 aliphatic rings. The van der Waals surface area contributed by atoms with Crippen molar-refractivity contribution in [2.45, 2.75) is 26.2 Å². The molecule has 6 heteroatoms. The van der Waals surface area contributed by atoms with Crippen LogP contribution in [0.1, 0.15) is 25.3 Å². The Bertz CT molecular complexity index is 417. The number of carbonyl (C=O) groups is 1. The topological polar surface area (TPSA) is 98.3 Å². The van der Waals surface area contributed by atoms with E-state index in [9.17, 15) is 14.9 Å². The summed E-state index contributed by atoms with van der Waals surface area (Å²) in [7, 11) is 0. The number of nitrogens with zero attached hydrogens (tertiary/aromatic N) is 1. The summed E-state index contributed by atoms with van der Waals surface area (Å²) in [5.74, 6) is 4.74. The van der Waals surface area contributed by atoms with E-state index in [0.717, 1.165) is 18.4 Å². The SMILES string of the molecule is CCCC(Cc1ccc([N+](=O)[O-])cc1)C(=O)NN. The summed E-state index contributed by atoms with van der Waals surface area (Å²) >= 11 is 0. The minimum Gasteiger partial charge on any atom is -0.294 e. The van der Waals surface area contributed by atoms with E-state index in [0.29, 0.717) is 6.42 Å². The smallest absolute Gasteiger partial charge is 0.269 e. The highest BCUT2D eigenvalue weighted by Crippen LogP contribution is 2.17. The van der Waals surface area contributed by atoms with Gasteiger partial charge in [-0.25, -0.2) is 5.84 Å². The molecule has 3 N–H and O–H groups in total. The van der Waals surface area contributed by atoms with Crippen molar-refractivity contribution in [2.24, 2.45) is 11.8 Å². The van der Waals surface area contributed by atoms with Gasteiger partial charge in [-0.1, -0.05) is 25.5 Å². The highest BCUT2D eigenvalue weighted by molar-refractivity contribution is 5.78. The average molecular weight is 251 g/mol. The minimum atomic E-state index is -0.445. The number of nitro groups is 1. The lowest BCUT2D eigenvalue weighted by Gasteiger charge is -2.14. The third-order valence-corrected chi connectivity index (χ3v) is 2.78. The Kier molecular flexibility index (Phi) is 5.26. The molecule has 18 heavy (non-hydrogen) atoms. The number of hydrazine groups is 1. The van der Waals surface area contributed by atoms with Crippen molar-refractivity contribution in [2.75, 3.05) is 0 Å². The normalized spacial score (nSPS) is 11.9. The molecular weight excluding hydrogens is 234 g/mol. The zero-order valence-electron chi connectivity index (χ0n) is 10.3. The predicted molar refractivity (Wildman–Crippen MR) is 67.5 cm³/mol. The third kappa shape index (κ3) is 3.81. The molecule has 0 bridgehead atoms. The molecule has 1 unspecified atom stereocenters. The number of rotatable bonds is 6. The van der Waals surface area contributed by atoms with Gasteiger partial charge in [-0.3, -0.25) is 20.3 Å². The first-order chi connectivity index (χ1) is 8.58. The predicted octanol–water partition coefficient (Wildman–Crippen LogP) is 1.54. The second-order valence-electron chi connectivity index (χ2n) is 4.12. The molecule has 0 saturated carbocycles. The van der Waals surface area contributed by atoms with E-state index in [2.05, 4.69) is 5.43 Å². The molecule has 1 atom stereocenters. The van der Waals surface area contributed by atoms with Crippen LogP contribution < -0.4 is 11.3 Å². The molecule has 0 aliphatic heterocycles. The van der Waals surface area contributed by atoms with Gasteiger partial charge < -0.3 is 0 Å². The van der Waals surface area contributed by atoms with Crippen molar-refractivity contribution in [3.05, 3.63) is 39.9 Å². The second-order valence-corrected chi connectivity index (χ2v) is 4.12. The van der Waals surface area contributed by atoms with Gasteiger partial charge in [0.05, 0.1) is 4.92 Å². The zero-order chi connectivity index (χ0) is 13.5. The summed E-state index contributed by atoms with van der Waals surface area (Å²) < 4.78 is 0. The van der Waals surface area contributed by atoms with Crippen molar-refractivity contribution < 1.29 is 9.72 Å². The van der Waals surface area contributed by atoms with Gasteiger partial charge in [0.25, 0.3) is 5.69 Å². The van der Waals surface area contributed by atoms with Gasteiger partial charge in [-0.05, 0) is 18.4 Å². The van der Waals surface area contributed by atoms with Gasteiger partial charge in [0, 0.05) is 18.1 Å². The first-order valence-corrected chi connectivity index (χ1v) is 5.82. The highest BCUT2D eigenvalue weighted by Gasteiger charge is 2.17. The van der Waals surface area contributed by atoms with Crippen LogP contribution in [-0.2, 0) is 11.2 Å². The maximum absolute atomic E-state index is 11.5. The number of nitrogens with two attached hydrogens (primary N) is 1. The maximum Gasteiger partial charge on any atom is 0.269 e. The minimum absolute atomic E-state index is 0.0501. The van der Waals surface area contributed by atoms with E-state index in [-0.39, 0.29) is 17.5 Å². The Morgan fingerprint density at radius 1 is 1.44 bits per heavy atom. The fourth-order valence-corrected chi connectivity index (χ4v) is 1.83. The van der Waals surface area contributed by atoms with Crippen molar-refractivity contribution in [1.82, 2.24) is 5.43 Å². The molecule has 0 radical (unpaired) electrons. The van der Waals surface area contributed by atoms with Crippen LogP contribution in [0.5, 0.6) is 0 Å². The van der Waals surface area contributed by atoms with Crippen LogP contribution in [0.3, 0.4) is 0 Å². The van der Waals surface area contributed by atoms with E-state index in [4.69, 9.17) is 5.84 Å². The summed E-state index contributed by atoms with van der Waals surface area (Å²) in [6.45, 7) is 1.99. The number of nitrogens with one attached hydrogen (secondary N) is 1. The lowest BCUT2D eigenvalue weighted by Crippen LogP contribution is -2.36. The van der Waals surface area contributed by atoms with Gasteiger partial charge in [0.15, 0.2) is 0 Å². The molecule has 0 spiro atoms. The number of carbonyl (C=O) groups excluding carboxylic acids is 1. The van der Waals surface area contributed by atoms with Crippen LogP contribution in [0.25, 0.3) is 0 Å². The molecule has 98 valence electrons. The zero-order valence-corrected chi connectivity index (χ0v) is 10.3. The summed E-state index contributed by atoms with van der Waals surface area (Å²) in [5.41, 5.74) is 3.09.